The first-order chi connectivity index (χ1) is 8.24. The van der Waals surface area contributed by atoms with Gasteiger partial charge in [-0.05, 0) is 13.0 Å². The largest absolute Gasteiger partial charge is 0.345 e. The summed E-state index contributed by atoms with van der Waals surface area (Å²) in [5.74, 6) is 1.12. The number of hydrogen-bond acceptors (Lipinski definition) is 4. The number of thiophene rings is 1. The average molecular weight is 249 g/mol. The average Bonchev–Trinajstić information content (AvgIpc) is 2.70. The van der Waals surface area contributed by atoms with Gasteiger partial charge in [0.05, 0.1) is 38.6 Å². The Morgan fingerprint density at radius 2 is 2.06 bits per heavy atom. The van der Waals surface area contributed by atoms with E-state index in [1.165, 1.54) is 23.4 Å². The topological polar surface area (TPSA) is 33.5 Å². The number of aryl methyl sites for hydroxylation is 1. The van der Waals surface area contributed by atoms with Gasteiger partial charge in [-0.3, -0.25) is 0 Å². The van der Waals surface area contributed by atoms with Crippen molar-refractivity contribution < 1.29 is 4.90 Å². The highest BCUT2D eigenvalue weighted by atomic mass is 32.1. The Morgan fingerprint density at radius 3 is 2.82 bits per heavy atom. The Morgan fingerprint density at radius 1 is 1.29 bits per heavy atom. The zero-order valence-corrected chi connectivity index (χ0v) is 11.0. The number of hydrogen-bond donors (Lipinski definition) is 1. The fraction of sp³-hybridized carbons (Fsp3) is 0.500. The molecule has 5 heteroatoms. The molecule has 4 nitrogen and oxygen atoms in total. The number of fused-ring (bicyclic) bond motifs is 1. The Hall–Kier alpha value is -1.20. The van der Waals surface area contributed by atoms with Crippen molar-refractivity contribution in [1.82, 2.24) is 9.97 Å². The second-order valence-electron chi connectivity index (χ2n) is 4.72. The van der Waals surface area contributed by atoms with Crippen LogP contribution in [0.5, 0.6) is 0 Å². The van der Waals surface area contributed by atoms with Crippen LogP contribution in [0, 0.1) is 6.92 Å². The monoisotopic (exact) mass is 249 g/mol. The number of quaternary nitrogens is 1. The van der Waals surface area contributed by atoms with Crippen molar-refractivity contribution in [1.29, 1.82) is 0 Å². The summed E-state index contributed by atoms with van der Waals surface area (Å²) in [6.45, 7) is 6.69. The summed E-state index contributed by atoms with van der Waals surface area (Å²) in [5.41, 5.74) is 0. The molecule has 17 heavy (non-hydrogen) atoms. The normalized spacial score (nSPS) is 17.9. The van der Waals surface area contributed by atoms with E-state index in [4.69, 9.17) is 0 Å². The van der Waals surface area contributed by atoms with Gasteiger partial charge >= 0.3 is 0 Å². The lowest BCUT2D eigenvalue weighted by atomic mass is 10.3. The van der Waals surface area contributed by atoms with Gasteiger partial charge in [0.25, 0.3) is 0 Å². The van der Waals surface area contributed by atoms with Gasteiger partial charge in [0.1, 0.15) is 17.0 Å². The molecule has 0 unspecified atom stereocenters. The van der Waals surface area contributed by atoms with Gasteiger partial charge in [0, 0.05) is 4.88 Å². The molecule has 1 saturated heterocycles. The Labute approximate surface area is 105 Å². The molecule has 0 amide bonds. The van der Waals surface area contributed by atoms with E-state index in [-0.39, 0.29) is 0 Å². The van der Waals surface area contributed by atoms with E-state index in [2.05, 4.69) is 34.9 Å². The van der Waals surface area contributed by atoms with E-state index < -0.39 is 0 Å². The van der Waals surface area contributed by atoms with Crippen LogP contribution < -0.4 is 9.80 Å². The van der Waals surface area contributed by atoms with E-state index >= 15 is 0 Å². The fourth-order valence-electron chi connectivity index (χ4n) is 2.32. The molecule has 0 bridgehead atoms. The van der Waals surface area contributed by atoms with E-state index in [1.54, 1.807) is 22.6 Å². The molecule has 3 rings (SSSR count). The lowest BCUT2D eigenvalue weighted by Crippen LogP contribution is -3.12. The van der Waals surface area contributed by atoms with Gasteiger partial charge in [0.15, 0.2) is 0 Å². The minimum absolute atomic E-state index is 1.09. The van der Waals surface area contributed by atoms with Crippen molar-refractivity contribution in [2.75, 3.05) is 38.1 Å². The Balaban J connectivity index is 1.99. The molecule has 0 spiro atoms. The highest BCUT2D eigenvalue weighted by molar-refractivity contribution is 7.18. The summed E-state index contributed by atoms with van der Waals surface area (Å²) < 4.78 is 0. The van der Waals surface area contributed by atoms with Crippen LogP contribution in [0.2, 0.25) is 0 Å². The number of nitrogens with one attached hydrogen (secondary N) is 1. The predicted octanol–water partition coefficient (Wildman–Crippen LogP) is 0.334. The number of nitrogens with zero attached hydrogens (tertiary/aromatic N) is 3. The molecular weight excluding hydrogens is 232 g/mol. The van der Waals surface area contributed by atoms with Crippen LogP contribution in [0.1, 0.15) is 4.88 Å². The summed E-state index contributed by atoms with van der Waals surface area (Å²) in [4.78, 5) is 15.2. The maximum Gasteiger partial charge on any atom is 0.141 e. The van der Waals surface area contributed by atoms with E-state index in [1.807, 2.05) is 0 Å². The van der Waals surface area contributed by atoms with Crippen LogP contribution in [0.4, 0.5) is 5.82 Å². The van der Waals surface area contributed by atoms with Gasteiger partial charge in [-0.2, -0.15) is 0 Å². The summed E-state index contributed by atoms with van der Waals surface area (Å²) in [5, 5.41) is 1.22. The zero-order chi connectivity index (χ0) is 11.8. The van der Waals surface area contributed by atoms with Crippen LogP contribution >= 0.6 is 11.3 Å². The summed E-state index contributed by atoms with van der Waals surface area (Å²) in [6.07, 6.45) is 1.69. The smallest absolute Gasteiger partial charge is 0.141 e. The van der Waals surface area contributed by atoms with Crippen LogP contribution in [0.15, 0.2) is 12.4 Å². The number of likely N-dealkylation sites (N-methyl/N-ethyl adjacent to an activating group) is 1. The molecule has 2 aromatic rings. The molecule has 3 heterocycles. The molecule has 0 radical (unpaired) electrons. The standard InChI is InChI=1S/C12H16N4S/c1-9-7-10-11(13-8-14-12(10)17-9)16-5-3-15(2)4-6-16/h7-8H,3-6H2,1-2H3/p+1. The Kier molecular flexibility index (Phi) is 2.72. The van der Waals surface area contributed by atoms with Gasteiger partial charge in [-0.15, -0.1) is 11.3 Å². The van der Waals surface area contributed by atoms with E-state index in [9.17, 15) is 0 Å². The number of aromatic nitrogens is 2. The van der Waals surface area contributed by atoms with Crippen LogP contribution in [0.3, 0.4) is 0 Å². The molecule has 90 valence electrons. The third kappa shape index (κ3) is 2.00. The first-order valence-electron chi connectivity index (χ1n) is 6.01. The first kappa shape index (κ1) is 10.9. The van der Waals surface area contributed by atoms with Crippen molar-refractivity contribution in [3.8, 4) is 0 Å². The van der Waals surface area contributed by atoms with Crippen LogP contribution in [0.25, 0.3) is 10.2 Å². The maximum absolute atomic E-state index is 4.48. The summed E-state index contributed by atoms with van der Waals surface area (Å²) in [6, 6.07) is 2.21. The van der Waals surface area contributed by atoms with Gasteiger partial charge in [-0.1, -0.05) is 0 Å². The van der Waals surface area contributed by atoms with E-state index in [0.29, 0.717) is 0 Å². The molecule has 1 fully saturated rings. The van der Waals surface area contributed by atoms with Crippen molar-refractivity contribution in [2.24, 2.45) is 0 Å². The third-order valence-electron chi connectivity index (χ3n) is 3.35. The predicted molar refractivity (Wildman–Crippen MR) is 71.0 cm³/mol. The minimum atomic E-state index is 1.09. The maximum atomic E-state index is 4.48. The lowest BCUT2D eigenvalue weighted by Gasteiger charge is -2.31. The second-order valence-corrected chi connectivity index (χ2v) is 5.95. The molecule has 0 saturated carbocycles. The van der Waals surface area contributed by atoms with Crippen molar-refractivity contribution in [3.05, 3.63) is 17.3 Å². The molecule has 1 aliphatic heterocycles. The molecule has 0 aliphatic carbocycles. The number of anilines is 1. The van der Waals surface area contributed by atoms with Gasteiger partial charge in [-0.25, -0.2) is 9.97 Å². The molecule has 1 aliphatic rings. The summed E-state index contributed by atoms with van der Waals surface area (Å²) in [7, 11) is 2.25. The SMILES string of the molecule is Cc1cc2c(N3CC[NH+](C)CC3)ncnc2s1. The van der Waals surface area contributed by atoms with Gasteiger partial charge in [0.2, 0.25) is 0 Å². The molecule has 0 aromatic carbocycles. The van der Waals surface area contributed by atoms with E-state index in [0.717, 1.165) is 23.7 Å². The molecule has 1 N–H and O–H groups in total. The van der Waals surface area contributed by atoms with Crippen LogP contribution in [-0.2, 0) is 0 Å². The number of piperazine rings is 1. The van der Waals surface area contributed by atoms with Crippen molar-refractivity contribution in [2.45, 2.75) is 6.92 Å². The molecule has 0 atom stereocenters. The first-order valence-corrected chi connectivity index (χ1v) is 6.83. The quantitative estimate of drug-likeness (QED) is 0.791. The zero-order valence-electron chi connectivity index (χ0n) is 10.2. The molecule has 2 aromatic heterocycles. The van der Waals surface area contributed by atoms with Crippen molar-refractivity contribution >= 4 is 27.4 Å². The number of rotatable bonds is 1. The van der Waals surface area contributed by atoms with Crippen LogP contribution in [-0.4, -0.2) is 43.2 Å². The van der Waals surface area contributed by atoms with Crippen molar-refractivity contribution in [3.63, 3.8) is 0 Å². The molecular formula is C12H17N4S+. The fourth-order valence-corrected chi connectivity index (χ4v) is 3.16. The third-order valence-corrected chi connectivity index (χ3v) is 4.31. The lowest BCUT2D eigenvalue weighted by molar-refractivity contribution is -0.880. The second kappa shape index (κ2) is 4.23. The summed E-state index contributed by atoms with van der Waals surface area (Å²) >= 11 is 1.75. The van der Waals surface area contributed by atoms with Gasteiger partial charge < -0.3 is 9.80 Å². The highest BCUT2D eigenvalue weighted by Crippen LogP contribution is 2.29. The highest BCUT2D eigenvalue weighted by Gasteiger charge is 2.20. The Bertz CT molecular complexity index is 528. The minimum Gasteiger partial charge on any atom is -0.345 e.